The first-order valence-electron chi connectivity index (χ1n) is 5.27. The molecule has 0 fully saturated rings. The Labute approximate surface area is 109 Å². The van der Waals surface area contributed by atoms with Gasteiger partial charge in [-0.25, -0.2) is 0 Å². The van der Waals surface area contributed by atoms with Crippen LogP contribution >= 0.6 is 11.3 Å². The Morgan fingerprint density at radius 2 is 2.28 bits per heavy atom. The maximum absolute atomic E-state index is 11.0. The molecule has 1 aromatic heterocycles. The number of benzene rings is 1. The fraction of sp³-hybridized carbons (Fsp3) is 0.0769. The second kappa shape index (κ2) is 4.90. The van der Waals surface area contributed by atoms with Crippen LogP contribution in [-0.4, -0.2) is 5.91 Å². The maximum Gasteiger partial charge on any atom is 0.221 e. The molecule has 0 saturated heterocycles. The third kappa shape index (κ3) is 2.34. The number of carbonyl (C=O) groups excluding carboxylic acids is 1. The van der Waals surface area contributed by atoms with Crippen molar-refractivity contribution in [3.05, 3.63) is 35.2 Å². The lowest BCUT2D eigenvalue weighted by atomic mass is 10.0. The highest BCUT2D eigenvalue weighted by Crippen LogP contribution is 2.33. The van der Waals surface area contributed by atoms with Gasteiger partial charge in [-0.3, -0.25) is 4.79 Å². The summed E-state index contributed by atoms with van der Waals surface area (Å²) in [5.74, 6) is -0.127. The van der Waals surface area contributed by atoms with E-state index >= 15 is 0 Å². The van der Waals surface area contributed by atoms with E-state index in [0.717, 1.165) is 11.1 Å². The Kier molecular flexibility index (Phi) is 3.31. The first-order valence-corrected chi connectivity index (χ1v) is 6.15. The van der Waals surface area contributed by atoms with Crippen molar-refractivity contribution < 1.29 is 4.79 Å². The van der Waals surface area contributed by atoms with Crippen LogP contribution in [0.3, 0.4) is 0 Å². The van der Waals surface area contributed by atoms with E-state index in [1.54, 1.807) is 6.07 Å². The fourth-order valence-electron chi connectivity index (χ4n) is 1.67. The zero-order valence-corrected chi connectivity index (χ0v) is 10.5. The molecule has 5 heteroatoms. The van der Waals surface area contributed by atoms with E-state index in [9.17, 15) is 4.79 Å². The van der Waals surface area contributed by atoms with Gasteiger partial charge in [0.25, 0.3) is 0 Å². The molecule has 3 N–H and O–H groups in total. The Hall–Kier alpha value is -2.32. The van der Waals surface area contributed by atoms with Gasteiger partial charge in [0.05, 0.1) is 5.56 Å². The predicted molar refractivity (Wildman–Crippen MR) is 73.2 cm³/mol. The molecule has 0 bridgehead atoms. The molecule has 90 valence electrons. The minimum absolute atomic E-state index is 0.127. The van der Waals surface area contributed by atoms with Crippen LogP contribution in [0.5, 0.6) is 0 Å². The highest BCUT2D eigenvalue weighted by atomic mass is 32.1. The number of nitrogens with one attached hydrogen (secondary N) is 1. The summed E-state index contributed by atoms with van der Waals surface area (Å²) in [6.07, 6.45) is 0. The lowest BCUT2D eigenvalue weighted by Crippen LogP contribution is -2.05. The fourth-order valence-corrected chi connectivity index (χ4v) is 2.44. The maximum atomic E-state index is 11.0. The van der Waals surface area contributed by atoms with Crippen LogP contribution in [0.15, 0.2) is 29.6 Å². The van der Waals surface area contributed by atoms with Crippen molar-refractivity contribution >= 4 is 27.9 Å². The monoisotopic (exact) mass is 257 g/mol. The van der Waals surface area contributed by atoms with Gasteiger partial charge in [0.2, 0.25) is 5.91 Å². The van der Waals surface area contributed by atoms with Crippen LogP contribution in [0, 0.1) is 11.3 Å². The molecular weight excluding hydrogens is 246 g/mol. The smallest absolute Gasteiger partial charge is 0.221 e. The van der Waals surface area contributed by atoms with Gasteiger partial charge in [0.15, 0.2) is 0 Å². The van der Waals surface area contributed by atoms with Gasteiger partial charge in [-0.2, -0.15) is 5.26 Å². The number of nitrogens with two attached hydrogens (primary N) is 1. The molecular formula is C13H11N3OS. The standard InChI is InChI=1S/C13H11N3OS/c1-8(17)16-10-4-2-3-9(5-10)12-7-18-13(15)11(12)6-14/h2-5,7H,15H2,1H3,(H,16,17). The quantitative estimate of drug-likeness (QED) is 0.868. The zero-order valence-electron chi connectivity index (χ0n) is 9.73. The molecule has 0 atom stereocenters. The highest BCUT2D eigenvalue weighted by molar-refractivity contribution is 7.14. The molecule has 2 rings (SSSR count). The molecule has 4 nitrogen and oxygen atoms in total. The van der Waals surface area contributed by atoms with Gasteiger partial charge in [0, 0.05) is 23.6 Å². The summed E-state index contributed by atoms with van der Waals surface area (Å²) < 4.78 is 0. The summed E-state index contributed by atoms with van der Waals surface area (Å²) in [6.45, 7) is 1.45. The van der Waals surface area contributed by atoms with Crippen molar-refractivity contribution in [2.24, 2.45) is 0 Å². The summed E-state index contributed by atoms with van der Waals surface area (Å²) in [5.41, 5.74) is 8.59. The largest absolute Gasteiger partial charge is 0.389 e. The molecule has 0 saturated carbocycles. The number of carbonyl (C=O) groups is 1. The van der Waals surface area contributed by atoms with E-state index < -0.39 is 0 Å². The summed E-state index contributed by atoms with van der Waals surface area (Å²) in [5, 5.41) is 14.1. The Balaban J connectivity index is 2.45. The molecule has 0 radical (unpaired) electrons. The SMILES string of the molecule is CC(=O)Nc1cccc(-c2csc(N)c2C#N)c1. The molecule has 2 aromatic rings. The molecule has 1 heterocycles. The lowest BCUT2D eigenvalue weighted by Gasteiger charge is -2.05. The molecule has 0 spiro atoms. The number of thiophene rings is 1. The molecule has 0 aliphatic heterocycles. The third-order valence-corrected chi connectivity index (χ3v) is 3.24. The minimum atomic E-state index is -0.127. The average molecular weight is 257 g/mol. The first kappa shape index (κ1) is 12.1. The number of amides is 1. The number of rotatable bonds is 2. The van der Waals surface area contributed by atoms with E-state index in [1.807, 2.05) is 23.6 Å². The molecule has 1 aromatic carbocycles. The zero-order chi connectivity index (χ0) is 13.1. The van der Waals surface area contributed by atoms with Crippen LogP contribution in [0.2, 0.25) is 0 Å². The van der Waals surface area contributed by atoms with E-state index in [0.29, 0.717) is 16.3 Å². The topological polar surface area (TPSA) is 78.9 Å². The first-order chi connectivity index (χ1) is 8.61. The van der Waals surface area contributed by atoms with Gasteiger partial charge < -0.3 is 11.1 Å². The van der Waals surface area contributed by atoms with Crippen molar-refractivity contribution in [1.29, 1.82) is 5.26 Å². The number of anilines is 2. The van der Waals surface area contributed by atoms with Crippen LogP contribution in [0.4, 0.5) is 10.7 Å². The van der Waals surface area contributed by atoms with Crippen LogP contribution in [0.25, 0.3) is 11.1 Å². The Bertz CT molecular complexity index is 640. The van der Waals surface area contributed by atoms with Gasteiger partial charge in [-0.15, -0.1) is 11.3 Å². The third-order valence-electron chi connectivity index (χ3n) is 2.43. The molecule has 0 unspecified atom stereocenters. The van der Waals surface area contributed by atoms with Crippen molar-refractivity contribution in [3.8, 4) is 17.2 Å². The number of nitrogen functional groups attached to an aromatic ring is 1. The number of nitrogens with zero attached hydrogens (tertiary/aromatic N) is 1. The van der Waals surface area contributed by atoms with Crippen LogP contribution < -0.4 is 11.1 Å². The second-order valence-electron chi connectivity index (χ2n) is 3.76. The normalized spacial score (nSPS) is 9.78. The second-order valence-corrected chi connectivity index (χ2v) is 4.67. The van der Waals surface area contributed by atoms with Crippen molar-refractivity contribution in [2.75, 3.05) is 11.1 Å². The van der Waals surface area contributed by atoms with E-state index in [-0.39, 0.29) is 5.91 Å². The van der Waals surface area contributed by atoms with Crippen molar-refractivity contribution in [1.82, 2.24) is 0 Å². The van der Waals surface area contributed by atoms with Gasteiger partial charge in [-0.05, 0) is 17.7 Å². The Morgan fingerprint density at radius 1 is 1.50 bits per heavy atom. The Morgan fingerprint density at radius 3 is 2.94 bits per heavy atom. The van der Waals surface area contributed by atoms with Gasteiger partial charge >= 0.3 is 0 Å². The average Bonchev–Trinajstić information content (AvgIpc) is 2.70. The number of hydrogen-bond donors (Lipinski definition) is 2. The van der Waals surface area contributed by atoms with Crippen LogP contribution in [0.1, 0.15) is 12.5 Å². The molecule has 0 aliphatic carbocycles. The minimum Gasteiger partial charge on any atom is -0.389 e. The lowest BCUT2D eigenvalue weighted by molar-refractivity contribution is -0.114. The summed E-state index contributed by atoms with van der Waals surface area (Å²) in [6, 6.07) is 9.43. The number of hydrogen-bond acceptors (Lipinski definition) is 4. The summed E-state index contributed by atoms with van der Waals surface area (Å²) >= 11 is 1.34. The van der Waals surface area contributed by atoms with E-state index in [1.165, 1.54) is 18.3 Å². The van der Waals surface area contributed by atoms with E-state index in [2.05, 4.69) is 11.4 Å². The van der Waals surface area contributed by atoms with Crippen LogP contribution in [-0.2, 0) is 4.79 Å². The summed E-state index contributed by atoms with van der Waals surface area (Å²) in [7, 11) is 0. The van der Waals surface area contributed by atoms with E-state index in [4.69, 9.17) is 11.0 Å². The predicted octanol–water partition coefficient (Wildman–Crippen LogP) is 2.83. The van der Waals surface area contributed by atoms with Gasteiger partial charge in [-0.1, -0.05) is 12.1 Å². The van der Waals surface area contributed by atoms with Gasteiger partial charge in [0.1, 0.15) is 11.1 Å². The number of nitriles is 1. The van der Waals surface area contributed by atoms with Crippen molar-refractivity contribution in [2.45, 2.75) is 6.92 Å². The highest BCUT2D eigenvalue weighted by Gasteiger charge is 2.11. The molecule has 0 aliphatic rings. The summed E-state index contributed by atoms with van der Waals surface area (Å²) in [4.78, 5) is 11.0. The molecule has 1 amide bonds. The van der Waals surface area contributed by atoms with Crippen molar-refractivity contribution in [3.63, 3.8) is 0 Å². The molecule has 18 heavy (non-hydrogen) atoms.